The van der Waals surface area contributed by atoms with Crippen molar-refractivity contribution in [2.24, 2.45) is 5.92 Å². The van der Waals surface area contributed by atoms with Crippen LogP contribution in [-0.2, 0) is 14.6 Å². The number of nitrogens with one attached hydrogen (secondary N) is 1. The first kappa shape index (κ1) is 12.3. The number of carbonyl (C=O) groups excluding carboxylic acids is 1. The van der Waals surface area contributed by atoms with Crippen LogP contribution in [0.1, 0.15) is 6.42 Å². The molecule has 2 rings (SSSR count). The topological polar surface area (TPSA) is 89.0 Å². The van der Waals surface area contributed by atoms with Crippen molar-refractivity contribution in [2.45, 2.75) is 6.42 Å². The smallest absolute Gasteiger partial charge is 0.229 e. The van der Waals surface area contributed by atoms with E-state index in [0.29, 0.717) is 6.42 Å². The predicted octanol–water partition coefficient (Wildman–Crippen LogP) is 0.503. The number of carbonyl (C=O) groups is 1. The summed E-state index contributed by atoms with van der Waals surface area (Å²) in [5.41, 5.74) is 0. The minimum Gasteiger partial charge on any atom is -0.308 e. The molecule has 0 saturated carbocycles. The average Bonchev–Trinajstić information content (AvgIpc) is 2.62. The van der Waals surface area contributed by atoms with Gasteiger partial charge < -0.3 is 5.32 Å². The summed E-state index contributed by atoms with van der Waals surface area (Å²) in [4.78, 5) is 19.4. The maximum atomic E-state index is 11.8. The van der Waals surface area contributed by atoms with Crippen LogP contribution in [0.3, 0.4) is 0 Å². The van der Waals surface area contributed by atoms with Crippen molar-refractivity contribution in [3.63, 3.8) is 0 Å². The van der Waals surface area contributed by atoms with Gasteiger partial charge in [-0.25, -0.2) is 18.4 Å². The maximum Gasteiger partial charge on any atom is 0.229 e. The number of rotatable bonds is 2. The van der Waals surface area contributed by atoms with E-state index in [4.69, 9.17) is 11.6 Å². The van der Waals surface area contributed by atoms with Crippen LogP contribution in [0.5, 0.6) is 0 Å². The van der Waals surface area contributed by atoms with Gasteiger partial charge in [0, 0.05) is 12.4 Å². The fourth-order valence-electron chi connectivity index (χ4n) is 1.63. The van der Waals surface area contributed by atoms with Crippen molar-refractivity contribution < 1.29 is 13.2 Å². The van der Waals surface area contributed by atoms with Crippen LogP contribution >= 0.6 is 11.6 Å². The lowest BCUT2D eigenvalue weighted by molar-refractivity contribution is -0.119. The Labute approximate surface area is 103 Å². The fourth-order valence-corrected chi connectivity index (χ4v) is 3.52. The standard InChI is InChI=1S/C9H10ClN3O3S/c10-7-8(12-3-2-11-7)13-9(14)6-1-4-17(15,16)5-6/h2-3,6H,1,4-5H2,(H,12,13,14). The van der Waals surface area contributed by atoms with Crippen LogP contribution in [0.15, 0.2) is 12.4 Å². The Hall–Kier alpha value is -1.21. The first-order valence-corrected chi connectivity index (χ1v) is 7.16. The van der Waals surface area contributed by atoms with Crippen molar-refractivity contribution in [1.82, 2.24) is 9.97 Å². The zero-order valence-electron chi connectivity index (χ0n) is 8.76. The number of nitrogens with zero attached hydrogens (tertiary/aromatic N) is 2. The number of anilines is 1. The molecule has 1 atom stereocenters. The number of amides is 1. The molecule has 1 aliphatic heterocycles. The van der Waals surface area contributed by atoms with Gasteiger partial charge in [0.1, 0.15) is 0 Å². The lowest BCUT2D eigenvalue weighted by atomic mass is 10.1. The van der Waals surface area contributed by atoms with Crippen molar-refractivity contribution in [3.05, 3.63) is 17.5 Å². The fraction of sp³-hybridized carbons (Fsp3) is 0.444. The number of hydrogen-bond donors (Lipinski definition) is 1. The molecule has 0 aromatic carbocycles. The van der Waals surface area contributed by atoms with E-state index in [2.05, 4.69) is 15.3 Å². The number of sulfone groups is 1. The summed E-state index contributed by atoms with van der Waals surface area (Å²) < 4.78 is 22.5. The van der Waals surface area contributed by atoms with Gasteiger partial charge in [-0.15, -0.1) is 0 Å². The van der Waals surface area contributed by atoms with E-state index >= 15 is 0 Å². The molecule has 1 saturated heterocycles. The van der Waals surface area contributed by atoms with Gasteiger partial charge in [0.05, 0.1) is 17.4 Å². The Balaban J connectivity index is 2.06. The second-order valence-electron chi connectivity index (χ2n) is 3.78. The Morgan fingerprint density at radius 1 is 1.41 bits per heavy atom. The summed E-state index contributed by atoms with van der Waals surface area (Å²) in [5.74, 6) is -0.814. The van der Waals surface area contributed by atoms with E-state index in [1.807, 2.05) is 0 Å². The molecule has 0 spiro atoms. The maximum absolute atomic E-state index is 11.8. The third-order valence-electron chi connectivity index (χ3n) is 2.50. The van der Waals surface area contributed by atoms with Crippen LogP contribution in [0.4, 0.5) is 5.82 Å². The van der Waals surface area contributed by atoms with Gasteiger partial charge in [-0.2, -0.15) is 0 Å². The van der Waals surface area contributed by atoms with Gasteiger partial charge >= 0.3 is 0 Å². The lowest BCUT2D eigenvalue weighted by Gasteiger charge is -2.08. The monoisotopic (exact) mass is 275 g/mol. The minimum atomic E-state index is -3.07. The minimum absolute atomic E-state index is 0.0548. The average molecular weight is 276 g/mol. The van der Waals surface area contributed by atoms with Crippen molar-refractivity contribution in [1.29, 1.82) is 0 Å². The molecule has 0 bridgehead atoms. The molecule has 1 aromatic rings. The van der Waals surface area contributed by atoms with Crippen molar-refractivity contribution in [2.75, 3.05) is 16.8 Å². The molecule has 1 N–H and O–H groups in total. The zero-order valence-corrected chi connectivity index (χ0v) is 10.3. The third kappa shape index (κ3) is 2.92. The molecule has 1 aliphatic rings. The molecular weight excluding hydrogens is 266 g/mol. The molecular formula is C9H10ClN3O3S. The Morgan fingerprint density at radius 2 is 2.12 bits per heavy atom. The number of aromatic nitrogens is 2. The van der Waals surface area contributed by atoms with Gasteiger partial charge in [0.15, 0.2) is 20.8 Å². The third-order valence-corrected chi connectivity index (χ3v) is 4.54. The van der Waals surface area contributed by atoms with E-state index in [9.17, 15) is 13.2 Å². The first-order valence-electron chi connectivity index (χ1n) is 4.96. The van der Waals surface area contributed by atoms with Crippen LogP contribution in [0.25, 0.3) is 0 Å². The quantitative estimate of drug-likeness (QED) is 0.849. The van der Waals surface area contributed by atoms with E-state index in [1.54, 1.807) is 0 Å². The van der Waals surface area contributed by atoms with Crippen LogP contribution in [-0.4, -0.2) is 35.8 Å². The molecule has 1 amide bonds. The molecule has 17 heavy (non-hydrogen) atoms. The van der Waals surface area contributed by atoms with Gasteiger partial charge in [-0.1, -0.05) is 11.6 Å². The van der Waals surface area contributed by atoms with Gasteiger partial charge in [0.2, 0.25) is 5.91 Å². The highest BCUT2D eigenvalue weighted by molar-refractivity contribution is 7.91. The molecule has 1 unspecified atom stereocenters. The van der Waals surface area contributed by atoms with E-state index in [1.165, 1.54) is 12.4 Å². The summed E-state index contributed by atoms with van der Waals surface area (Å²) in [6, 6.07) is 0. The molecule has 1 fully saturated rings. The Morgan fingerprint density at radius 3 is 2.71 bits per heavy atom. The summed E-state index contributed by atoms with van der Waals surface area (Å²) >= 11 is 5.72. The molecule has 0 radical (unpaired) electrons. The molecule has 2 heterocycles. The summed E-state index contributed by atoms with van der Waals surface area (Å²) in [5, 5.41) is 2.57. The van der Waals surface area contributed by atoms with E-state index < -0.39 is 15.8 Å². The highest BCUT2D eigenvalue weighted by atomic mass is 35.5. The van der Waals surface area contributed by atoms with Gasteiger partial charge in [-0.05, 0) is 6.42 Å². The molecule has 92 valence electrons. The molecule has 1 aromatic heterocycles. The lowest BCUT2D eigenvalue weighted by Crippen LogP contribution is -2.24. The number of halogens is 1. The van der Waals surface area contributed by atoms with Crippen LogP contribution < -0.4 is 5.32 Å². The van der Waals surface area contributed by atoms with Crippen molar-refractivity contribution in [3.8, 4) is 0 Å². The summed E-state index contributed by atoms with van der Waals surface area (Å²) in [7, 11) is -3.07. The van der Waals surface area contributed by atoms with Gasteiger partial charge in [-0.3, -0.25) is 4.79 Å². The Bertz CT molecular complexity index is 546. The van der Waals surface area contributed by atoms with E-state index in [0.717, 1.165) is 0 Å². The van der Waals surface area contributed by atoms with Crippen LogP contribution in [0, 0.1) is 5.92 Å². The second-order valence-corrected chi connectivity index (χ2v) is 6.37. The highest BCUT2D eigenvalue weighted by Gasteiger charge is 2.33. The SMILES string of the molecule is O=C(Nc1nccnc1Cl)C1CCS(=O)(=O)C1. The summed E-state index contributed by atoms with van der Waals surface area (Å²) in [6.07, 6.45) is 3.14. The predicted molar refractivity (Wildman–Crippen MR) is 62.4 cm³/mol. The second kappa shape index (κ2) is 4.58. The zero-order chi connectivity index (χ0) is 12.5. The highest BCUT2D eigenvalue weighted by Crippen LogP contribution is 2.21. The number of hydrogen-bond acceptors (Lipinski definition) is 5. The molecule has 6 nitrogen and oxygen atoms in total. The van der Waals surface area contributed by atoms with E-state index in [-0.39, 0.29) is 28.4 Å². The normalized spacial score (nSPS) is 22.3. The molecule has 0 aliphatic carbocycles. The largest absolute Gasteiger partial charge is 0.308 e. The Kier molecular flexibility index (Phi) is 3.30. The summed E-state index contributed by atoms with van der Waals surface area (Å²) in [6.45, 7) is 0. The molecule has 8 heteroatoms. The first-order chi connectivity index (χ1) is 7.98. The van der Waals surface area contributed by atoms with Crippen molar-refractivity contribution >= 4 is 33.2 Å². The van der Waals surface area contributed by atoms with Gasteiger partial charge in [0.25, 0.3) is 0 Å². The van der Waals surface area contributed by atoms with Crippen LogP contribution in [0.2, 0.25) is 5.15 Å².